The molecule has 0 bridgehead atoms. The van der Waals surface area contributed by atoms with E-state index in [0.717, 1.165) is 12.8 Å². The fraction of sp³-hybridized carbons (Fsp3) is 0.381. The second-order valence-electron chi connectivity index (χ2n) is 6.52. The molecule has 2 rings (SSSR count). The van der Waals surface area contributed by atoms with Crippen molar-refractivity contribution in [3.8, 4) is 0 Å². The largest absolute Gasteiger partial charge is 0.352 e. The van der Waals surface area contributed by atoms with Gasteiger partial charge < -0.3 is 10.6 Å². The predicted molar refractivity (Wildman–Crippen MR) is 99.8 cm³/mol. The highest BCUT2D eigenvalue weighted by Gasteiger charge is 2.14. The average Bonchev–Trinajstić information content (AvgIpc) is 2.60. The van der Waals surface area contributed by atoms with E-state index in [1.165, 1.54) is 16.7 Å². The zero-order chi connectivity index (χ0) is 17.4. The minimum atomic E-state index is -0.203. The number of aryl methyl sites for hydroxylation is 2. The van der Waals surface area contributed by atoms with Crippen LogP contribution in [0, 0.1) is 6.92 Å². The number of hydrogen-bond acceptors (Lipinski definition) is 2. The van der Waals surface area contributed by atoms with E-state index in [2.05, 4.69) is 73.0 Å². The smallest absolute Gasteiger partial charge is 0.237 e. The van der Waals surface area contributed by atoms with E-state index in [9.17, 15) is 4.79 Å². The van der Waals surface area contributed by atoms with Gasteiger partial charge in [-0.15, -0.1) is 0 Å². The van der Waals surface area contributed by atoms with E-state index >= 15 is 0 Å². The lowest BCUT2D eigenvalue weighted by atomic mass is 10.1. The van der Waals surface area contributed by atoms with Crippen molar-refractivity contribution in [2.24, 2.45) is 0 Å². The summed E-state index contributed by atoms with van der Waals surface area (Å²) in [7, 11) is 0. The highest BCUT2D eigenvalue weighted by molar-refractivity contribution is 5.81. The third-order valence-electron chi connectivity index (χ3n) is 4.22. The number of nitrogens with one attached hydrogen (secondary N) is 2. The number of benzene rings is 2. The Morgan fingerprint density at radius 2 is 1.62 bits per heavy atom. The molecule has 3 heteroatoms. The standard InChI is InChI=1S/C21H28N2O/c1-16-9-12-20(13-10-16)15-22-18(3)21(24)23-17(2)11-14-19-7-5-4-6-8-19/h4-10,12-13,17-18,22H,11,14-15H2,1-3H3,(H,23,24)/t17-,18+/m1/s1. The van der Waals surface area contributed by atoms with Crippen LogP contribution in [-0.4, -0.2) is 18.0 Å². The van der Waals surface area contributed by atoms with Crippen molar-refractivity contribution in [1.29, 1.82) is 0 Å². The van der Waals surface area contributed by atoms with Crippen LogP contribution in [0.5, 0.6) is 0 Å². The van der Waals surface area contributed by atoms with Gasteiger partial charge in [0.2, 0.25) is 5.91 Å². The van der Waals surface area contributed by atoms with Crippen LogP contribution < -0.4 is 10.6 Å². The Morgan fingerprint density at radius 1 is 0.958 bits per heavy atom. The second-order valence-corrected chi connectivity index (χ2v) is 6.52. The average molecular weight is 324 g/mol. The van der Waals surface area contributed by atoms with Crippen LogP contribution in [0.3, 0.4) is 0 Å². The topological polar surface area (TPSA) is 41.1 Å². The van der Waals surface area contributed by atoms with E-state index in [4.69, 9.17) is 0 Å². The van der Waals surface area contributed by atoms with Gasteiger partial charge >= 0.3 is 0 Å². The molecule has 2 atom stereocenters. The van der Waals surface area contributed by atoms with Crippen molar-refractivity contribution in [1.82, 2.24) is 10.6 Å². The molecule has 0 aliphatic rings. The van der Waals surface area contributed by atoms with E-state index in [-0.39, 0.29) is 18.0 Å². The van der Waals surface area contributed by atoms with Crippen molar-refractivity contribution < 1.29 is 4.79 Å². The maximum Gasteiger partial charge on any atom is 0.237 e. The Kier molecular flexibility index (Phi) is 7.01. The molecule has 1 amide bonds. The zero-order valence-electron chi connectivity index (χ0n) is 14.9. The van der Waals surface area contributed by atoms with Crippen molar-refractivity contribution in [2.45, 2.75) is 52.2 Å². The van der Waals surface area contributed by atoms with E-state index in [1.807, 2.05) is 13.0 Å². The van der Waals surface area contributed by atoms with Crippen LogP contribution in [0.25, 0.3) is 0 Å². The molecule has 0 unspecified atom stereocenters. The highest BCUT2D eigenvalue weighted by Crippen LogP contribution is 2.06. The van der Waals surface area contributed by atoms with E-state index in [0.29, 0.717) is 6.54 Å². The molecule has 128 valence electrons. The van der Waals surface area contributed by atoms with Crippen LogP contribution in [-0.2, 0) is 17.8 Å². The van der Waals surface area contributed by atoms with E-state index in [1.54, 1.807) is 0 Å². The number of amides is 1. The minimum Gasteiger partial charge on any atom is -0.352 e. The summed E-state index contributed by atoms with van der Waals surface area (Å²) >= 11 is 0. The van der Waals surface area contributed by atoms with Gasteiger partial charge in [0.25, 0.3) is 0 Å². The molecule has 0 saturated carbocycles. The number of hydrogen-bond donors (Lipinski definition) is 2. The molecule has 0 fully saturated rings. The summed E-state index contributed by atoms with van der Waals surface area (Å²) in [6, 6.07) is 18.7. The molecule has 0 aliphatic heterocycles. The quantitative estimate of drug-likeness (QED) is 0.779. The van der Waals surface area contributed by atoms with Crippen LogP contribution in [0.2, 0.25) is 0 Å². The molecule has 2 N–H and O–H groups in total. The number of carbonyl (C=O) groups excluding carboxylic acids is 1. The summed E-state index contributed by atoms with van der Waals surface area (Å²) in [6.07, 6.45) is 1.92. The monoisotopic (exact) mass is 324 g/mol. The molecule has 24 heavy (non-hydrogen) atoms. The Morgan fingerprint density at radius 3 is 2.29 bits per heavy atom. The molecule has 0 aromatic heterocycles. The van der Waals surface area contributed by atoms with Gasteiger partial charge in [-0.05, 0) is 44.7 Å². The molecule has 2 aromatic rings. The molecule has 0 heterocycles. The summed E-state index contributed by atoms with van der Waals surface area (Å²) in [5, 5.41) is 6.38. The maximum absolute atomic E-state index is 12.3. The van der Waals surface area contributed by atoms with Gasteiger partial charge in [0.15, 0.2) is 0 Å². The second kappa shape index (κ2) is 9.24. The van der Waals surface area contributed by atoms with Gasteiger partial charge in [-0.1, -0.05) is 60.2 Å². The summed E-state index contributed by atoms with van der Waals surface area (Å²) in [4.78, 5) is 12.3. The van der Waals surface area contributed by atoms with Crippen LogP contribution in [0.4, 0.5) is 0 Å². The van der Waals surface area contributed by atoms with Gasteiger partial charge in [-0.2, -0.15) is 0 Å². The SMILES string of the molecule is Cc1ccc(CN[C@@H](C)C(=O)N[C@H](C)CCc2ccccc2)cc1. The lowest BCUT2D eigenvalue weighted by Crippen LogP contribution is -2.45. The van der Waals surface area contributed by atoms with Crippen molar-refractivity contribution in [3.05, 3.63) is 71.3 Å². The van der Waals surface area contributed by atoms with Crippen molar-refractivity contribution in [3.63, 3.8) is 0 Å². The normalized spacial score (nSPS) is 13.3. The first-order chi connectivity index (χ1) is 11.5. The van der Waals surface area contributed by atoms with Gasteiger partial charge in [-0.3, -0.25) is 4.79 Å². The number of rotatable bonds is 8. The summed E-state index contributed by atoms with van der Waals surface area (Å²) < 4.78 is 0. The molecular weight excluding hydrogens is 296 g/mol. The van der Waals surface area contributed by atoms with Crippen LogP contribution in [0.15, 0.2) is 54.6 Å². The molecule has 0 radical (unpaired) electrons. The first-order valence-corrected chi connectivity index (χ1v) is 8.68. The molecule has 0 saturated heterocycles. The van der Waals surface area contributed by atoms with Crippen LogP contribution >= 0.6 is 0 Å². The first kappa shape index (κ1) is 18.2. The molecule has 0 spiro atoms. The maximum atomic E-state index is 12.3. The lowest BCUT2D eigenvalue weighted by Gasteiger charge is -2.18. The number of carbonyl (C=O) groups is 1. The fourth-order valence-corrected chi connectivity index (χ4v) is 2.54. The van der Waals surface area contributed by atoms with Crippen LogP contribution in [0.1, 0.15) is 37.0 Å². The fourth-order valence-electron chi connectivity index (χ4n) is 2.54. The third kappa shape index (κ3) is 6.17. The summed E-state index contributed by atoms with van der Waals surface area (Å²) in [6.45, 7) is 6.75. The minimum absolute atomic E-state index is 0.0580. The molecule has 2 aromatic carbocycles. The Hall–Kier alpha value is -2.13. The van der Waals surface area contributed by atoms with Gasteiger partial charge in [-0.25, -0.2) is 0 Å². The Bertz CT molecular complexity index is 622. The molecule has 3 nitrogen and oxygen atoms in total. The van der Waals surface area contributed by atoms with Crippen molar-refractivity contribution in [2.75, 3.05) is 0 Å². The zero-order valence-corrected chi connectivity index (χ0v) is 14.9. The molecular formula is C21H28N2O. The summed E-state index contributed by atoms with van der Waals surface area (Å²) in [5.74, 6) is 0.0580. The molecule has 0 aliphatic carbocycles. The first-order valence-electron chi connectivity index (χ1n) is 8.68. The highest BCUT2D eigenvalue weighted by atomic mass is 16.2. The Labute approximate surface area is 145 Å². The third-order valence-corrected chi connectivity index (χ3v) is 4.22. The lowest BCUT2D eigenvalue weighted by molar-refractivity contribution is -0.123. The van der Waals surface area contributed by atoms with Gasteiger partial charge in [0, 0.05) is 12.6 Å². The van der Waals surface area contributed by atoms with Gasteiger partial charge in [0.05, 0.1) is 6.04 Å². The van der Waals surface area contributed by atoms with E-state index < -0.39 is 0 Å². The van der Waals surface area contributed by atoms with Gasteiger partial charge in [0.1, 0.15) is 0 Å². The Balaban J connectivity index is 1.71. The predicted octanol–water partition coefficient (Wildman–Crippen LogP) is 3.61. The van der Waals surface area contributed by atoms with Crippen molar-refractivity contribution >= 4 is 5.91 Å². The summed E-state index contributed by atoms with van der Waals surface area (Å²) in [5.41, 5.74) is 3.75.